The Labute approximate surface area is 90.9 Å². The first-order chi connectivity index (χ1) is 7.00. The van der Waals surface area contributed by atoms with Crippen molar-refractivity contribution < 1.29 is 0 Å². The molecule has 0 bridgehead atoms. The molecule has 0 fully saturated rings. The quantitative estimate of drug-likeness (QED) is 0.703. The Morgan fingerprint density at radius 2 is 1.73 bits per heavy atom. The van der Waals surface area contributed by atoms with Gasteiger partial charge in [-0.05, 0) is 0 Å². The van der Waals surface area contributed by atoms with Gasteiger partial charge in [-0.3, -0.25) is 0 Å². The van der Waals surface area contributed by atoms with Crippen LogP contribution in [0.25, 0.3) is 12.2 Å². The molecule has 0 aliphatic heterocycles. The molecule has 1 aromatic rings. The van der Waals surface area contributed by atoms with Gasteiger partial charge in [0.2, 0.25) is 0 Å². The maximum absolute atomic E-state index is 4.19. The van der Waals surface area contributed by atoms with Gasteiger partial charge in [0.15, 0.2) is 0 Å². The molecule has 0 aliphatic rings. The van der Waals surface area contributed by atoms with E-state index in [0.717, 1.165) is 10.7 Å². The Kier molecular flexibility index (Phi) is 3.59. The summed E-state index contributed by atoms with van der Waals surface area (Å²) in [5.74, 6) is 0. The number of allylic oxidation sites excluding steroid dienone is 2. The predicted octanol–water partition coefficient (Wildman–Crippen LogP) is 0.613. The van der Waals surface area contributed by atoms with Crippen LogP contribution in [0.5, 0.6) is 0 Å². The second kappa shape index (κ2) is 4.54. The Bertz CT molecular complexity index is 477. The zero-order valence-electron chi connectivity index (χ0n) is 9.57. The molecular formula is C11H18N3P. The molecule has 1 rings (SSSR count). The summed E-state index contributed by atoms with van der Waals surface area (Å²) in [5.41, 5.74) is 0. The van der Waals surface area contributed by atoms with Crippen molar-refractivity contribution in [1.29, 1.82) is 0 Å². The molecule has 0 aliphatic carbocycles. The topological polar surface area (TPSA) is 30.7 Å². The molecule has 1 heterocycles. The van der Waals surface area contributed by atoms with E-state index < -0.39 is 7.41 Å². The maximum atomic E-state index is 4.19. The van der Waals surface area contributed by atoms with Crippen LogP contribution in [-0.2, 0) is 0 Å². The normalized spacial score (nSPS) is 15.4. The SMILES string of the molecule is C=C/C=c1/nnn([PH](C)(C)C)/c1=C/C=C. The number of nitrogens with zero attached hydrogens (tertiary/aromatic N) is 3. The van der Waals surface area contributed by atoms with Gasteiger partial charge in [0.1, 0.15) is 0 Å². The second-order valence-electron chi connectivity index (χ2n) is 4.25. The van der Waals surface area contributed by atoms with Crippen molar-refractivity contribution in [3.8, 4) is 0 Å². The van der Waals surface area contributed by atoms with Crippen LogP contribution in [0.4, 0.5) is 0 Å². The fraction of sp³-hybridized carbons (Fsp3) is 0.273. The number of hydrogen-bond donors (Lipinski definition) is 0. The van der Waals surface area contributed by atoms with Gasteiger partial charge in [0.25, 0.3) is 0 Å². The minimum absolute atomic E-state index is 0.854. The zero-order chi connectivity index (χ0) is 11.5. The summed E-state index contributed by atoms with van der Waals surface area (Å²) in [6.07, 6.45) is 7.28. The molecule has 0 saturated carbocycles. The van der Waals surface area contributed by atoms with E-state index >= 15 is 0 Å². The Morgan fingerprint density at radius 3 is 2.20 bits per heavy atom. The first kappa shape index (κ1) is 11.9. The van der Waals surface area contributed by atoms with E-state index in [1.54, 1.807) is 12.2 Å². The van der Waals surface area contributed by atoms with Crippen LogP contribution in [0, 0.1) is 0 Å². The molecule has 15 heavy (non-hydrogen) atoms. The van der Waals surface area contributed by atoms with Crippen molar-refractivity contribution >= 4 is 19.6 Å². The summed E-state index contributed by atoms with van der Waals surface area (Å²) in [7, 11) is -1.51. The molecule has 0 radical (unpaired) electrons. The molecule has 0 aromatic carbocycles. The second-order valence-corrected chi connectivity index (χ2v) is 9.01. The van der Waals surface area contributed by atoms with Crippen molar-refractivity contribution in [2.45, 2.75) is 0 Å². The molecule has 4 heteroatoms. The van der Waals surface area contributed by atoms with Crippen molar-refractivity contribution in [3.05, 3.63) is 36.0 Å². The standard InChI is InChI=1S/C11H18N3P/c1-6-8-10-11(9-7-2)14(13-12-10)15(3,4)5/h6-9,15H,1-2H2,3-5H3/b10-8+,11-9+. The van der Waals surface area contributed by atoms with E-state index in [1.165, 1.54) is 0 Å². The van der Waals surface area contributed by atoms with Crippen LogP contribution in [0.3, 0.4) is 0 Å². The molecule has 0 atom stereocenters. The molecule has 0 unspecified atom stereocenters. The zero-order valence-corrected chi connectivity index (χ0v) is 10.6. The first-order valence-corrected chi connectivity index (χ1v) is 8.33. The van der Waals surface area contributed by atoms with E-state index in [2.05, 4.69) is 43.5 Å². The van der Waals surface area contributed by atoms with Crippen LogP contribution in [0.15, 0.2) is 25.3 Å². The third-order valence-corrected chi connectivity index (χ3v) is 3.52. The van der Waals surface area contributed by atoms with Crippen LogP contribution in [-0.4, -0.2) is 34.8 Å². The van der Waals surface area contributed by atoms with E-state index in [0.29, 0.717) is 0 Å². The average Bonchev–Trinajstić information content (AvgIpc) is 2.49. The van der Waals surface area contributed by atoms with Crippen molar-refractivity contribution in [2.75, 3.05) is 20.0 Å². The van der Waals surface area contributed by atoms with Gasteiger partial charge in [-0.2, -0.15) is 0 Å². The van der Waals surface area contributed by atoms with Crippen LogP contribution < -0.4 is 10.7 Å². The van der Waals surface area contributed by atoms with Crippen molar-refractivity contribution in [3.63, 3.8) is 0 Å². The van der Waals surface area contributed by atoms with Gasteiger partial charge < -0.3 is 0 Å². The van der Waals surface area contributed by atoms with Crippen LogP contribution >= 0.6 is 7.41 Å². The first-order valence-electron chi connectivity index (χ1n) is 4.88. The summed E-state index contributed by atoms with van der Waals surface area (Å²) in [6.45, 7) is 14.0. The summed E-state index contributed by atoms with van der Waals surface area (Å²) in [4.78, 5) is 0. The number of rotatable bonds is 3. The minimum atomic E-state index is -1.51. The molecule has 82 valence electrons. The monoisotopic (exact) mass is 223 g/mol. The summed E-state index contributed by atoms with van der Waals surface area (Å²) in [6, 6.07) is 0. The molecule has 3 nitrogen and oxygen atoms in total. The number of hydrogen-bond acceptors (Lipinski definition) is 2. The third kappa shape index (κ3) is 2.63. The number of aromatic nitrogens is 3. The van der Waals surface area contributed by atoms with Crippen LogP contribution in [0.2, 0.25) is 0 Å². The van der Waals surface area contributed by atoms with Gasteiger partial charge in [-0.25, -0.2) is 0 Å². The van der Waals surface area contributed by atoms with Crippen molar-refractivity contribution in [2.24, 2.45) is 0 Å². The fourth-order valence-corrected chi connectivity index (χ4v) is 2.52. The molecule has 0 N–H and O–H groups in total. The molecular weight excluding hydrogens is 205 g/mol. The van der Waals surface area contributed by atoms with E-state index in [4.69, 9.17) is 0 Å². The summed E-state index contributed by atoms with van der Waals surface area (Å²) < 4.78 is 2.02. The van der Waals surface area contributed by atoms with Gasteiger partial charge in [-0.1, -0.05) is 0 Å². The van der Waals surface area contributed by atoms with Gasteiger partial charge in [0.05, 0.1) is 0 Å². The molecule has 0 saturated heterocycles. The van der Waals surface area contributed by atoms with E-state index in [-0.39, 0.29) is 0 Å². The van der Waals surface area contributed by atoms with Gasteiger partial charge >= 0.3 is 90.3 Å². The Hall–Kier alpha value is -1.21. The summed E-state index contributed by atoms with van der Waals surface area (Å²) >= 11 is 0. The van der Waals surface area contributed by atoms with Gasteiger partial charge in [-0.15, -0.1) is 0 Å². The van der Waals surface area contributed by atoms with Crippen molar-refractivity contribution in [1.82, 2.24) is 14.8 Å². The molecule has 0 spiro atoms. The van der Waals surface area contributed by atoms with E-state index in [1.807, 2.05) is 16.6 Å². The Balaban J connectivity index is 3.59. The Morgan fingerprint density at radius 1 is 1.13 bits per heavy atom. The third-order valence-electron chi connectivity index (χ3n) is 1.92. The average molecular weight is 223 g/mol. The van der Waals surface area contributed by atoms with Crippen LogP contribution in [0.1, 0.15) is 0 Å². The fourth-order valence-electron chi connectivity index (χ4n) is 1.29. The molecule has 1 aromatic heterocycles. The van der Waals surface area contributed by atoms with E-state index in [9.17, 15) is 0 Å². The predicted molar refractivity (Wildman–Crippen MR) is 70.1 cm³/mol. The van der Waals surface area contributed by atoms with Gasteiger partial charge in [0, 0.05) is 0 Å². The summed E-state index contributed by atoms with van der Waals surface area (Å²) in [5, 5.41) is 10.2. The molecule has 0 amide bonds.